The largest absolute Gasteiger partial charge is 0.494 e. The fraction of sp³-hybridized carbons (Fsp3) is 0.278. The molecule has 0 unspecified atom stereocenters. The first-order valence-electron chi connectivity index (χ1n) is 8.02. The summed E-state index contributed by atoms with van der Waals surface area (Å²) >= 11 is 0. The molecule has 0 heterocycles. The minimum Gasteiger partial charge on any atom is -0.494 e. The maximum Gasteiger partial charge on any atom is 0.234 e. The molecular weight excluding hydrogens is 340 g/mol. The van der Waals surface area contributed by atoms with Gasteiger partial charge < -0.3 is 10.1 Å². The molecule has 1 amide bonds. The number of carbonyl (C=O) groups is 1. The van der Waals surface area contributed by atoms with Crippen molar-refractivity contribution in [2.75, 3.05) is 23.6 Å². The van der Waals surface area contributed by atoms with Crippen LogP contribution >= 0.6 is 0 Å². The summed E-state index contributed by atoms with van der Waals surface area (Å²) in [7, 11) is -3.50. The van der Waals surface area contributed by atoms with Crippen LogP contribution in [0.5, 0.6) is 5.75 Å². The molecule has 0 saturated carbocycles. The van der Waals surface area contributed by atoms with Crippen LogP contribution in [0.3, 0.4) is 0 Å². The SMILES string of the molecule is CCOc1ccc(CC(=O)NCCS(=O)(=O)Nc2ccccc2)cc1. The van der Waals surface area contributed by atoms with Crippen LogP contribution in [0.4, 0.5) is 5.69 Å². The molecule has 134 valence electrons. The van der Waals surface area contributed by atoms with Gasteiger partial charge >= 0.3 is 0 Å². The summed E-state index contributed by atoms with van der Waals surface area (Å²) in [4.78, 5) is 11.9. The number of hydrogen-bond donors (Lipinski definition) is 2. The van der Waals surface area contributed by atoms with Crippen molar-refractivity contribution in [3.63, 3.8) is 0 Å². The highest BCUT2D eigenvalue weighted by Crippen LogP contribution is 2.12. The van der Waals surface area contributed by atoms with Gasteiger partial charge in [-0.25, -0.2) is 8.42 Å². The second kappa shape index (κ2) is 9.08. The quantitative estimate of drug-likeness (QED) is 0.716. The fourth-order valence-corrected chi connectivity index (χ4v) is 3.15. The maximum atomic E-state index is 12.0. The lowest BCUT2D eigenvalue weighted by Crippen LogP contribution is -2.32. The van der Waals surface area contributed by atoms with Crippen molar-refractivity contribution in [2.45, 2.75) is 13.3 Å². The third-order valence-electron chi connectivity index (χ3n) is 3.34. The number of hydrogen-bond acceptors (Lipinski definition) is 4. The van der Waals surface area contributed by atoms with Crippen LogP contribution in [0.15, 0.2) is 54.6 Å². The number of rotatable bonds is 9. The normalized spacial score (nSPS) is 10.9. The molecule has 0 aliphatic rings. The molecule has 2 aromatic carbocycles. The number of anilines is 1. The Morgan fingerprint density at radius 1 is 1.04 bits per heavy atom. The Kier molecular flexibility index (Phi) is 6.82. The molecule has 0 atom stereocenters. The minimum atomic E-state index is -3.50. The summed E-state index contributed by atoms with van der Waals surface area (Å²) in [6.07, 6.45) is 0.193. The number of carbonyl (C=O) groups excluding carboxylic acids is 1. The topological polar surface area (TPSA) is 84.5 Å². The highest BCUT2D eigenvalue weighted by atomic mass is 32.2. The molecule has 7 heteroatoms. The molecule has 2 N–H and O–H groups in total. The van der Waals surface area contributed by atoms with E-state index in [2.05, 4.69) is 10.0 Å². The second-order valence-electron chi connectivity index (χ2n) is 5.39. The van der Waals surface area contributed by atoms with Crippen molar-refractivity contribution in [2.24, 2.45) is 0 Å². The van der Waals surface area contributed by atoms with E-state index in [1.54, 1.807) is 42.5 Å². The van der Waals surface area contributed by atoms with Gasteiger partial charge in [0.05, 0.1) is 18.8 Å². The summed E-state index contributed by atoms with van der Waals surface area (Å²) < 4.78 is 31.7. The molecule has 0 spiro atoms. The molecule has 25 heavy (non-hydrogen) atoms. The Morgan fingerprint density at radius 2 is 1.72 bits per heavy atom. The van der Waals surface area contributed by atoms with E-state index in [0.717, 1.165) is 11.3 Å². The first kappa shape index (κ1) is 18.8. The first-order chi connectivity index (χ1) is 12.0. The van der Waals surface area contributed by atoms with Crippen LogP contribution in [0, 0.1) is 0 Å². The highest BCUT2D eigenvalue weighted by Gasteiger charge is 2.11. The van der Waals surface area contributed by atoms with Crippen LogP contribution in [-0.4, -0.2) is 33.2 Å². The fourth-order valence-electron chi connectivity index (χ4n) is 2.18. The van der Waals surface area contributed by atoms with Crippen molar-refractivity contribution < 1.29 is 17.9 Å². The molecule has 0 fully saturated rings. The zero-order valence-electron chi connectivity index (χ0n) is 14.1. The van der Waals surface area contributed by atoms with Gasteiger partial charge in [0.2, 0.25) is 15.9 Å². The van der Waals surface area contributed by atoms with Gasteiger partial charge in [-0.1, -0.05) is 30.3 Å². The van der Waals surface area contributed by atoms with Gasteiger partial charge in [0, 0.05) is 12.2 Å². The van der Waals surface area contributed by atoms with Gasteiger partial charge in [-0.05, 0) is 36.8 Å². The number of para-hydroxylation sites is 1. The van der Waals surface area contributed by atoms with E-state index in [1.807, 2.05) is 19.1 Å². The lowest BCUT2D eigenvalue weighted by atomic mass is 10.1. The summed E-state index contributed by atoms with van der Waals surface area (Å²) in [5, 5.41) is 2.62. The number of nitrogens with one attached hydrogen (secondary N) is 2. The van der Waals surface area contributed by atoms with Gasteiger partial charge in [-0.2, -0.15) is 0 Å². The monoisotopic (exact) mass is 362 g/mol. The molecular formula is C18H22N2O4S. The molecule has 0 saturated heterocycles. The Hall–Kier alpha value is -2.54. The molecule has 0 aromatic heterocycles. The molecule has 0 radical (unpaired) electrons. The Morgan fingerprint density at radius 3 is 2.36 bits per heavy atom. The summed E-state index contributed by atoms with van der Waals surface area (Å²) in [5.74, 6) is 0.348. The van der Waals surface area contributed by atoms with E-state index in [1.165, 1.54) is 0 Å². The lowest BCUT2D eigenvalue weighted by molar-refractivity contribution is -0.120. The molecule has 2 aromatic rings. The number of sulfonamides is 1. The predicted octanol–water partition coefficient (Wildman–Crippen LogP) is 2.19. The van der Waals surface area contributed by atoms with Gasteiger partial charge in [0.15, 0.2) is 0 Å². The van der Waals surface area contributed by atoms with Gasteiger partial charge in [-0.15, -0.1) is 0 Å². The van der Waals surface area contributed by atoms with Crippen molar-refractivity contribution in [3.8, 4) is 5.75 Å². The average Bonchev–Trinajstić information content (AvgIpc) is 2.57. The van der Waals surface area contributed by atoms with E-state index in [4.69, 9.17) is 4.74 Å². The summed E-state index contributed by atoms with van der Waals surface area (Å²) in [6, 6.07) is 15.9. The highest BCUT2D eigenvalue weighted by molar-refractivity contribution is 7.92. The van der Waals surface area contributed by atoms with E-state index in [9.17, 15) is 13.2 Å². The third-order valence-corrected chi connectivity index (χ3v) is 4.63. The number of amides is 1. The Bertz CT molecular complexity index is 774. The van der Waals surface area contributed by atoms with E-state index in [0.29, 0.717) is 12.3 Å². The number of ether oxygens (including phenoxy) is 1. The average molecular weight is 362 g/mol. The van der Waals surface area contributed by atoms with Crippen LogP contribution in [0.1, 0.15) is 12.5 Å². The Balaban J connectivity index is 1.76. The van der Waals surface area contributed by atoms with E-state index in [-0.39, 0.29) is 24.6 Å². The smallest absolute Gasteiger partial charge is 0.234 e. The van der Waals surface area contributed by atoms with E-state index >= 15 is 0 Å². The molecule has 2 rings (SSSR count). The standard InChI is InChI=1S/C18H22N2O4S/c1-2-24-17-10-8-15(9-11-17)14-18(21)19-12-13-25(22,23)20-16-6-4-3-5-7-16/h3-11,20H,2,12-14H2,1H3,(H,19,21). The second-order valence-corrected chi connectivity index (χ2v) is 7.23. The van der Waals surface area contributed by atoms with Gasteiger partial charge in [0.1, 0.15) is 5.75 Å². The zero-order chi connectivity index (χ0) is 18.1. The van der Waals surface area contributed by atoms with Gasteiger partial charge in [-0.3, -0.25) is 9.52 Å². The van der Waals surface area contributed by atoms with Crippen molar-refractivity contribution >= 4 is 21.6 Å². The molecule has 6 nitrogen and oxygen atoms in total. The summed E-state index contributed by atoms with van der Waals surface area (Å²) in [6.45, 7) is 2.55. The van der Waals surface area contributed by atoms with Crippen LogP contribution < -0.4 is 14.8 Å². The van der Waals surface area contributed by atoms with Gasteiger partial charge in [0.25, 0.3) is 0 Å². The van der Waals surface area contributed by atoms with Crippen molar-refractivity contribution in [3.05, 3.63) is 60.2 Å². The van der Waals surface area contributed by atoms with Crippen LogP contribution in [0.25, 0.3) is 0 Å². The van der Waals surface area contributed by atoms with E-state index < -0.39 is 10.0 Å². The molecule has 0 aliphatic carbocycles. The molecule has 0 aliphatic heterocycles. The van der Waals surface area contributed by atoms with Crippen molar-refractivity contribution in [1.82, 2.24) is 5.32 Å². The molecule has 0 bridgehead atoms. The maximum absolute atomic E-state index is 12.0. The first-order valence-corrected chi connectivity index (χ1v) is 9.68. The predicted molar refractivity (Wildman–Crippen MR) is 98.2 cm³/mol. The third kappa shape index (κ3) is 6.84. The lowest BCUT2D eigenvalue weighted by Gasteiger charge is -2.09. The Labute approximate surface area is 148 Å². The van der Waals surface area contributed by atoms with Crippen molar-refractivity contribution in [1.29, 1.82) is 0 Å². The van der Waals surface area contributed by atoms with Crippen LogP contribution in [0.2, 0.25) is 0 Å². The summed E-state index contributed by atoms with van der Waals surface area (Å²) in [5.41, 5.74) is 1.34. The zero-order valence-corrected chi connectivity index (χ0v) is 14.9. The van der Waals surface area contributed by atoms with Crippen LogP contribution in [-0.2, 0) is 21.2 Å². The number of benzene rings is 2. The minimum absolute atomic E-state index is 0.0536.